The Morgan fingerprint density at radius 2 is 1.88 bits per heavy atom. The van der Waals surface area contributed by atoms with E-state index in [0.29, 0.717) is 0 Å². The number of sulfonamides is 1. The summed E-state index contributed by atoms with van der Waals surface area (Å²) in [5.41, 5.74) is 0.0771. The third kappa shape index (κ3) is 4.33. The molecule has 4 rings (SSSR count). The van der Waals surface area contributed by atoms with Gasteiger partial charge in [-0.25, -0.2) is 35.2 Å². The Morgan fingerprint density at radius 3 is 2.56 bits per heavy atom. The van der Waals surface area contributed by atoms with E-state index in [2.05, 4.69) is 5.10 Å². The normalized spacial score (nSPS) is 18.4. The van der Waals surface area contributed by atoms with Crippen LogP contribution in [-0.2, 0) is 10.0 Å². The molecule has 1 N–H and O–H groups in total. The number of rotatable bonds is 4. The summed E-state index contributed by atoms with van der Waals surface area (Å²) in [6, 6.07) is 4.37. The molecule has 7 nitrogen and oxygen atoms in total. The van der Waals surface area contributed by atoms with Crippen molar-refractivity contribution in [2.24, 2.45) is 0 Å². The molecule has 34 heavy (non-hydrogen) atoms. The van der Waals surface area contributed by atoms with Gasteiger partial charge in [0.1, 0.15) is 11.6 Å². The molecular formula is C22H22F4N4O3S. The lowest BCUT2D eigenvalue weighted by molar-refractivity contribution is 0.0222. The van der Waals surface area contributed by atoms with Crippen LogP contribution >= 0.6 is 0 Å². The number of benzene rings is 1. The Balaban J connectivity index is 1.75. The third-order valence-electron chi connectivity index (χ3n) is 5.70. The summed E-state index contributed by atoms with van der Waals surface area (Å²) in [5, 5.41) is 4.02. The largest absolute Gasteiger partial charge is 0.358 e. The van der Waals surface area contributed by atoms with Crippen LogP contribution in [0.4, 0.5) is 23.2 Å². The van der Waals surface area contributed by atoms with Gasteiger partial charge in [-0.1, -0.05) is 0 Å². The number of pyridine rings is 1. The van der Waals surface area contributed by atoms with Gasteiger partial charge in [-0.2, -0.15) is 5.10 Å². The molecule has 1 amide bonds. The molecule has 182 valence electrons. The molecule has 1 saturated heterocycles. The molecule has 0 aliphatic carbocycles. The molecule has 0 saturated carbocycles. The third-order valence-corrected chi connectivity index (χ3v) is 7.77. The molecule has 3 aromatic rings. The Kier molecular flexibility index (Phi) is 5.62. The maximum absolute atomic E-state index is 14.4. The zero-order chi connectivity index (χ0) is 25.1. The van der Waals surface area contributed by atoms with Crippen molar-refractivity contribution in [3.8, 4) is 0 Å². The van der Waals surface area contributed by atoms with Gasteiger partial charge in [-0.15, -0.1) is 0 Å². The van der Waals surface area contributed by atoms with Crippen molar-refractivity contribution in [1.82, 2.24) is 14.3 Å². The number of nitrogens with zero attached hydrogens (tertiary/aromatic N) is 3. The second-order valence-corrected chi connectivity index (χ2v) is 11.6. The second-order valence-electron chi connectivity index (χ2n) is 9.19. The highest BCUT2D eigenvalue weighted by Gasteiger charge is 2.46. The van der Waals surface area contributed by atoms with Gasteiger partial charge < -0.3 is 4.90 Å². The van der Waals surface area contributed by atoms with E-state index in [1.807, 2.05) is 4.72 Å². The minimum Gasteiger partial charge on any atom is -0.358 e. The Labute approximate surface area is 193 Å². The summed E-state index contributed by atoms with van der Waals surface area (Å²) in [4.78, 5) is 14.0. The summed E-state index contributed by atoms with van der Waals surface area (Å²) in [6.45, 7) is 3.53. The highest BCUT2D eigenvalue weighted by atomic mass is 32.2. The van der Waals surface area contributed by atoms with Crippen LogP contribution in [0.2, 0.25) is 0 Å². The predicted octanol–water partition coefficient (Wildman–Crippen LogP) is 4.06. The van der Waals surface area contributed by atoms with Crippen LogP contribution in [0.1, 0.15) is 49.2 Å². The predicted molar refractivity (Wildman–Crippen MR) is 117 cm³/mol. The van der Waals surface area contributed by atoms with E-state index in [0.717, 1.165) is 24.4 Å². The fourth-order valence-electron chi connectivity index (χ4n) is 3.79. The average Bonchev–Trinajstić information content (AvgIpc) is 3.28. The zero-order valence-electron chi connectivity index (χ0n) is 18.5. The van der Waals surface area contributed by atoms with Crippen LogP contribution < -0.4 is 9.62 Å². The van der Waals surface area contributed by atoms with Gasteiger partial charge in [0, 0.05) is 23.9 Å². The van der Waals surface area contributed by atoms with Crippen LogP contribution in [0, 0.1) is 11.6 Å². The monoisotopic (exact) mass is 498 g/mol. The number of carbonyl (C=O) groups is 1. The van der Waals surface area contributed by atoms with Gasteiger partial charge in [-0.3, -0.25) is 4.79 Å². The first-order chi connectivity index (χ1) is 15.7. The molecule has 1 aliphatic heterocycles. The summed E-state index contributed by atoms with van der Waals surface area (Å²) >= 11 is 0. The quantitative estimate of drug-likeness (QED) is 0.549. The number of anilines is 1. The van der Waals surface area contributed by atoms with Crippen LogP contribution in [-0.4, -0.2) is 41.2 Å². The number of amides is 1. The molecule has 1 aromatic carbocycles. The molecule has 3 heterocycles. The van der Waals surface area contributed by atoms with Gasteiger partial charge in [0.25, 0.3) is 11.8 Å². The van der Waals surface area contributed by atoms with Gasteiger partial charge in [0.2, 0.25) is 10.0 Å². The maximum atomic E-state index is 14.4. The lowest BCUT2D eigenvalue weighted by atomic mass is 10.0. The number of carbonyl (C=O) groups excluding carboxylic acids is 1. The summed E-state index contributed by atoms with van der Waals surface area (Å²) < 4.78 is 83.8. The summed E-state index contributed by atoms with van der Waals surface area (Å²) in [6.07, 6.45) is 1.85. The molecule has 2 aromatic heterocycles. The van der Waals surface area contributed by atoms with Crippen molar-refractivity contribution in [2.75, 3.05) is 11.4 Å². The zero-order valence-corrected chi connectivity index (χ0v) is 19.3. The van der Waals surface area contributed by atoms with Gasteiger partial charge >= 0.3 is 0 Å². The number of halogens is 4. The Bertz CT molecular complexity index is 1380. The first kappa shape index (κ1) is 24.0. The van der Waals surface area contributed by atoms with Crippen molar-refractivity contribution in [1.29, 1.82) is 0 Å². The lowest BCUT2D eigenvalue weighted by Crippen LogP contribution is -2.42. The van der Waals surface area contributed by atoms with E-state index in [9.17, 15) is 30.8 Å². The number of alkyl halides is 2. The van der Waals surface area contributed by atoms with Crippen molar-refractivity contribution in [3.05, 3.63) is 65.5 Å². The first-order valence-electron chi connectivity index (χ1n) is 10.3. The highest BCUT2D eigenvalue weighted by molar-refractivity contribution is 7.91. The van der Waals surface area contributed by atoms with Crippen molar-refractivity contribution < 1.29 is 30.8 Å². The molecule has 1 aliphatic rings. The van der Waals surface area contributed by atoms with Crippen LogP contribution in [0.5, 0.6) is 0 Å². The van der Waals surface area contributed by atoms with E-state index in [-0.39, 0.29) is 22.3 Å². The number of hydrogen-bond donors (Lipinski definition) is 1. The lowest BCUT2D eigenvalue weighted by Gasteiger charge is -2.27. The minimum absolute atomic E-state index is 0.0888. The van der Waals surface area contributed by atoms with Gasteiger partial charge in [0.05, 0.1) is 34.6 Å². The molecule has 1 atom stereocenters. The summed E-state index contributed by atoms with van der Waals surface area (Å²) in [5.74, 6) is -5.66. The molecular weight excluding hydrogens is 476 g/mol. The highest BCUT2D eigenvalue weighted by Crippen LogP contribution is 2.44. The maximum Gasteiger partial charge on any atom is 0.268 e. The van der Waals surface area contributed by atoms with E-state index in [4.69, 9.17) is 0 Å². The topological polar surface area (TPSA) is 83.8 Å². The number of nitrogens with one attached hydrogen (secondary N) is 1. The van der Waals surface area contributed by atoms with Crippen molar-refractivity contribution in [2.45, 2.75) is 43.9 Å². The standard InChI is InChI=1S/C22H22F4N4O3S/c1-21(2,3)34(32,33)28-20(31)16-11-27-30-7-6-14(9-18(16)30)29-12-22(25,26)10-19(29)15-8-13(23)4-5-17(15)24/h4-9,11,19H,10,12H2,1-3H3,(H,28,31). The molecule has 12 heteroatoms. The van der Waals surface area contributed by atoms with Gasteiger partial charge in [0.15, 0.2) is 0 Å². The molecule has 0 radical (unpaired) electrons. The molecule has 0 bridgehead atoms. The van der Waals surface area contributed by atoms with E-state index in [1.54, 1.807) is 0 Å². The number of hydrogen-bond acceptors (Lipinski definition) is 5. The van der Waals surface area contributed by atoms with Crippen molar-refractivity contribution >= 4 is 27.1 Å². The molecule has 0 spiro atoms. The minimum atomic E-state index is -4.01. The SMILES string of the molecule is CC(C)(C)S(=O)(=O)NC(=O)c1cnn2ccc(N3CC(F)(F)CC3c3cc(F)ccc3F)cc12. The van der Waals surface area contributed by atoms with Crippen LogP contribution in [0.3, 0.4) is 0 Å². The number of fused-ring (bicyclic) bond motifs is 1. The van der Waals surface area contributed by atoms with E-state index >= 15 is 0 Å². The Hall–Kier alpha value is -3.15. The van der Waals surface area contributed by atoms with E-state index in [1.165, 1.54) is 48.5 Å². The van der Waals surface area contributed by atoms with Crippen LogP contribution in [0.25, 0.3) is 5.52 Å². The average molecular weight is 499 g/mol. The molecule has 1 fully saturated rings. The van der Waals surface area contributed by atoms with Gasteiger partial charge in [-0.05, 0) is 51.1 Å². The second kappa shape index (κ2) is 7.97. The smallest absolute Gasteiger partial charge is 0.268 e. The molecule has 1 unspecified atom stereocenters. The fourth-order valence-corrected chi connectivity index (χ4v) is 4.45. The fraction of sp³-hybridized carbons (Fsp3) is 0.364. The van der Waals surface area contributed by atoms with Crippen molar-refractivity contribution in [3.63, 3.8) is 0 Å². The van der Waals surface area contributed by atoms with E-state index < -0.39 is 57.2 Å². The van der Waals surface area contributed by atoms with Crippen LogP contribution in [0.15, 0.2) is 42.7 Å². The Morgan fingerprint density at radius 1 is 1.18 bits per heavy atom. The summed E-state index contributed by atoms with van der Waals surface area (Å²) in [7, 11) is -4.01. The number of aromatic nitrogens is 2. The first-order valence-corrected chi connectivity index (χ1v) is 11.8.